The Morgan fingerprint density at radius 1 is 1.61 bits per heavy atom. The minimum Gasteiger partial charge on any atom is -0.490 e. The molecule has 0 aliphatic rings. The zero-order valence-corrected chi connectivity index (χ0v) is 10.6. The third-order valence-electron chi connectivity index (χ3n) is 2.82. The highest BCUT2D eigenvalue weighted by Crippen LogP contribution is 2.31. The van der Waals surface area contributed by atoms with Crippen molar-refractivity contribution < 1.29 is 9.66 Å². The topological polar surface area (TPSA) is 79.4 Å². The van der Waals surface area contributed by atoms with Gasteiger partial charge in [-0.05, 0) is 13.0 Å². The Morgan fingerprint density at radius 2 is 2.28 bits per heavy atom. The van der Waals surface area contributed by atoms with E-state index in [0.717, 1.165) is 5.69 Å². The quantitative estimate of drug-likeness (QED) is 0.591. The fraction of sp³-hybridized carbons (Fsp3) is 0.417. The number of nitrogens with zero attached hydrogens (tertiary/aromatic N) is 3. The molecular weight excluding hydrogens is 234 g/mol. The number of hydrogen-bond acceptors (Lipinski definition) is 5. The first-order chi connectivity index (χ1) is 8.51. The van der Waals surface area contributed by atoms with Gasteiger partial charge in [-0.3, -0.25) is 10.1 Å². The van der Waals surface area contributed by atoms with Crippen molar-refractivity contribution in [3.8, 4) is 11.8 Å². The van der Waals surface area contributed by atoms with Gasteiger partial charge in [0.1, 0.15) is 0 Å². The maximum Gasteiger partial charge on any atom is 0.311 e. The number of methoxy groups -OCH3 is 1. The number of nitriles is 1. The summed E-state index contributed by atoms with van der Waals surface area (Å²) in [6.45, 7) is 1.91. The van der Waals surface area contributed by atoms with Crippen molar-refractivity contribution in [3.05, 3.63) is 28.3 Å². The maximum atomic E-state index is 10.8. The van der Waals surface area contributed by atoms with Gasteiger partial charge >= 0.3 is 5.69 Å². The maximum absolute atomic E-state index is 10.8. The molecule has 0 fully saturated rings. The minimum atomic E-state index is -0.485. The Balaban J connectivity index is 3.06. The zero-order chi connectivity index (χ0) is 13.7. The average Bonchev–Trinajstić information content (AvgIpc) is 2.37. The first-order valence-electron chi connectivity index (χ1n) is 5.43. The largest absolute Gasteiger partial charge is 0.490 e. The second kappa shape index (κ2) is 5.87. The lowest BCUT2D eigenvalue weighted by Crippen LogP contribution is -2.28. The Morgan fingerprint density at radius 3 is 2.78 bits per heavy atom. The molecule has 0 aromatic heterocycles. The van der Waals surface area contributed by atoms with Crippen LogP contribution < -0.4 is 9.64 Å². The second-order valence-corrected chi connectivity index (χ2v) is 3.94. The SMILES string of the molecule is COc1cc(N(C)C(C)CC#N)ccc1[N+](=O)[O-]. The van der Waals surface area contributed by atoms with E-state index in [2.05, 4.69) is 6.07 Å². The molecule has 0 aliphatic carbocycles. The van der Waals surface area contributed by atoms with Crippen LogP contribution in [0.15, 0.2) is 18.2 Å². The number of benzene rings is 1. The summed E-state index contributed by atoms with van der Waals surface area (Å²) >= 11 is 0. The molecule has 0 radical (unpaired) electrons. The number of nitro benzene ring substituents is 1. The fourth-order valence-electron chi connectivity index (χ4n) is 1.56. The van der Waals surface area contributed by atoms with E-state index >= 15 is 0 Å². The van der Waals surface area contributed by atoms with Gasteiger partial charge < -0.3 is 9.64 Å². The summed E-state index contributed by atoms with van der Waals surface area (Å²) in [5, 5.41) is 19.4. The lowest BCUT2D eigenvalue weighted by Gasteiger charge is -2.25. The van der Waals surface area contributed by atoms with Crippen LogP contribution in [0.4, 0.5) is 11.4 Å². The van der Waals surface area contributed by atoms with Crippen LogP contribution in [0.5, 0.6) is 5.75 Å². The molecule has 0 aliphatic heterocycles. The molecule has 0 spiro atoms. The Labute approximate surface area is 106 Å². The normalized spacial score (nSPS) is 11.4. The van der Waals surface area contributed by atoms with Crippen LogP contribution in [0.3, 0.4) is 0 Å². The molecule has 96 valence electrons. The number of hydrogen-bond donors (Lipinski definition) is 0. The molecule has 0 saturated heterocycles. The predicted octanol–water partition coefficient (Wildman–Crippen LogP) is 2.34. The summed E-state index contributed by atoms with van der Waals surface area (Å²) in [4.78, 5) is 12.2. The molecule has 18 heavy (non-hydrogen) atoms. The number of rotatable bonds is 5. The first kappa shape index (κ1) is 13.8. The van der Waals surface area contributed by atoms with Crippen molar-refractivity contribution in [2.45, 2.75) is 19.4 Å². The van der Waals surface area contributed by atoms with Crippen molar-refractivity contribution in [1.29, 1.82) is 5.26 Å². The third-order valence-corrected chi connectivity index (χ3v) is 2.82. The van der Waals surface area contributed by atoms with Crippen LogP contribution in [0.2, 0.25) is 0 Å². The lowest BCUT2D eigenvalue weighted by molar-refractivity contribution is -0.385. The van der Waals surface area contributed by atoms with E-state index in [1.165, 1.54) is 13.2 Å². The molecule has 0 saturated carbocycles. The van der Waals surface area contributed by atoms with Crippen molar-refractivity contribution in [2.24, 2.45) is 0 Å². The Bertz CT molecular complexity index is 482. The van der Waals surface area contributed by atoms with Crippen LogP contribution in [-0.2, 0) is 0 Å². The number of nitro groups is 1. The van der Waals surface area contributed by atoms with E-state index in [-0.39, 0.29) is 17.5 Å². The molecule has 1 rings (SSSR count). The van der Waals surface area contributed by atoms with Gasteiger partial charge in [-0.2, -0.15) is 5.26 Å². The summed E-state index contributed by atoms with van der Waals surface area (Å²) in [6, 6.07) is 6.78. The van der Waals surface area contributed by atoms with E-state index in [4.69, 9.17) is 10.00 Å². The van der Waals surface area contributed by atoms with Gasteiger partial charge in [-0.15, -0.1) is 0 Å². The van der Waals surface area contributed by atoms with Gasteiger partial charge in [-0.25, -0.2) is 0 Å². The Hall–Kier alpha value is -2.29. The molecule has 1 atom stereocenters. The minimum absolute atomic E-state index is 0.0289. The smallest absolute Gasteiger partial charge is 0.311 e. The molecule has 6 heteroatoms. The zero-order valence-electron chi connectivity index (χ0n) is 10.6. The van der Waals surface area contributed by atoms with Crippen LogP contribution in [0.25, 0.3) is 0 Å². The van der Waals surface area contributed by atoms with E-state index in [1.54, 1.807) is 12.1 Å². The highest BCUT2D eigenvalue weighted by molar-refractivity contribution is 5.59. The molecule has 1 aromatic rings. The van der Waals surface area contributed by atoms with E-state index in [0.29, 0.717) is 6.42 Å². The van der Waals surface area contributed by atoms with Crippen LogP contribution >= 0.6 is 0 Å². The standard InChI is InChI=1S/C12H15N3O3/c1-9(6-7-13)14(2)10-4-5-11(15(16)17)12(8-10)18-3/h4-5,8-9H,6H2,1-3H3. The van der Waals surface area contributed by atoms with Crippen LogP contribution in [-0.4, -0.2) is 25.1 Å². The van der Waals surface area contributed by atoms with Crippen molar-refractivity contribution in [1.82, 2.24) is 0 Å². The van der Waals surface area contributed by atoms with E-state index in [1.807, 2.05) is 18.9 Å². The molecule has 0 amide bonds. The molecule has 0 bridgehead atoms. The van der Waals surface area contributed by atoms with Gasteiger partial charge in [0.25, 0.3) is 0 Å². The molecule has 0 N–H and O–H groups in total. The van der Waals surface area contributed by atoms with Crippen molar-refractivity contribution >= 4 is 11.4 Å². The first-order valence-corrected chi connectivity index (χ1v) is 5.43. The van der Waals surface area contributed by atoms with Crippen molar-refractivity contribution in [3.63, 3.8) is 0 Å². The van der Waals surface area contributed by atoms with Gasteiger partial charge in [0.2, 0.25) is 0 Å². The summed E-state index contributed by atoms with van der Waals surface area (Å²) < 4.78 is 5.00. The monoisotopic (exact) mass is 249 g/mol. The Kier molecular flexibility index (Phi) is 4.49. The predicted molar refractivity (Wildman–Crippen MR) is 67.7 cm³/mol. The summed E-state index contributed by atoms with van der Waals surface area (Å²) in [5.41, 5.74) is 0.711. The summed E-state index contributed by atoms with van der Waals surface area (Å²) in [6.07, 6.45) is 0.385. The van der Waals surface area contributed by atoms with Gasteiger partial charge in [0.15, 0.2) is 5.75 Å². The number of anilines is 1. The molecule has 6 nitrogen and oxygen atoms in total. The van der Waals surface area contributed by atoms with Gasteiger partial charge in [-0.1, -0.05) is 0 Å². The van der Waals surface area contributed by atoms with E-state index < -0.39 is 4.92 Å². The van der Waals surface area contributed by atoms with Gasteiger partial charge in [0.05, 0.1) is 24.5 Å². The molecule has 1 aromatic carbocycles. The van der Waals surface area contributed by atoms with E-state index in [9.17, 15) is 10.1 Å². The third kappa shape index (κ3) is 2.88. The summed E-state index contributed by atoms with van der Waals surface area (Å²) in [7, 11) is 3.23. The summed E-state index contributed by atoms with van der Waals surface area (Å²) in [5.74, 6) is 0.216. The molecular formula is C12H15N3O3. The van der Waals surface area contributed by atoms with Crippen molar-refractivity contribution in [2.75, 3.05) is 19.1 Å². The second-order valence-electron chi connectivity index (χ2n) is 3.94. The van der Waals surface area contributed by atoms with Crippen LogP contribution in [0.1, 0.15) is 13.3 Å². The fourth-order valence-corrected chi connectivity index (χ4v) is 1.56. The van der Waals surface area contributed by atoms with Crippen LogP contribution in [0, 0.1) is 21.4 Å². The average molecular weight is 249 g/mol. The molecule has 0 heterocycles. The highest BCUT2D eigenvalue weighted by Gasteiger charge is 2.17. The highest BCUT2D eigenvalue weighted by atomic mass is 16.6. The lowest BCUT2D eigenvalue weighted by atomic mass is 10.2. The molecule has 1 unspecified atom stereocenters. The number of ether oxygens (including phenoxy) is 1. The van der Waals surface area contributed by atoms with Gasteiger partial charge in [0, 0.05) is 30.9 Å².